The lowest BCUT2D eigenvalue weighted by Crippen LogP contribution is -2.46. The molecule has 0 radical (unpaired) electrons. The Kier molecular flexibility index (Phi) is 3.60. The van der Waals surface area contributed by atoms with Crippen molar-refractivity contribution in [2.24, 2.45) is 5.92 Å². The average Bonchev–Trinajstić information content (AvgIpc) is 2.35. The van der Waals surface area contributed by atoms with Crippen LogP contribution < -0.4 is 4.90 Å². The summed E-state index contributed by atoms with van der Waals surface area (Å²) in [6.07, 6.45) is 1.72. The maximum absolute atomic E-state index is 11.9. The lowest BCUT2D eigenvalue weighted by molar-refractivity contribution is -0.117. The fraction of sp³-hybridized carbons (Fsp3) is 0.467. The fourth-order valence-corrected chi connectivity index (χ4v) is 3.02. The van der Waals surface area contributed by atoms with E-state index >= 15 is 0 Å². The summed E-state index contributed by atoms with van der Waals surface area (Å²) in [6.45, 7) is 5.75. The molecule has 0 spiro atoms. The van der Waals surface area contributed by atoms with Crippen molar-refractivity contribution in [3.8, 4) is 0 Å². The average molecular weight is 261 g/mol. The summed E-state index contributed by atoms with van der Waals surface area (Å²) in [6, 6.07) is 5.21. The topological polar surface area (TPSA) is 57.6 Å². The standard InChI is InChI=1S/C15H19NO3/c1-4-13-9(2)7-12-8-11(15(18)19)5-6-14(12)16(13)10(3)17/h5-6,8-9,13H,4,7H2,1-3H3,(H,18,19)/t9?,13-/m0/s1. The van der Waals surface area contributed by atoms with Crippen LogP contribution in [0.4, 0.5) is 5.69 Å². The molecule has 1 N–H and O–H groups in total. The van der Waals surface area contributed by atoms with Crippen molar-refractivity contribution in [3.63, 3.8) is 0 Å². The van der Waals surface area contributed by atoms with Crippen LogP contribution in [0.3, 0.4) is 0 Å². The smallest absolute Gasteiger partial charge is 0.335 e. The number of carbonyl (C=O) groups is 2. The number of amides is 1. The number of benzene rings is 1. The minimum Gasteiger partial charge on any atom is -0.478 e. The Morgan fingerprint density at radius 2 is 2.11 bits per heavy atom. The number of carboxylic acid groups (broad SMARTS) is 1. The Morgan fingerprint density at radius 3 is 2.63 bits per heavy atom. The van der Waals surface area contributed by atoms with Gasteiger partial charge >= 0.3 is 5.97 Å². The van der Waals surface area contributed by atoms with Crippen LogP contribution in [0.1, 0.15) is 43.1 Å². The molecule has 0 fully saturated rings. The molecule has 0 saturated carbocycles. The molecule has 2 atom stereocenters. The van der Waals surface area contributed by atoms with Crippen LogP contribution in [-0.2, 0) is 11.2 Å². The highest BCUT2D eigenvalue weighted by Crippen LogP contribution is 2.35. The third kappa shape index (κ3) is 2.35. The van der Waals surface area contributed by atoms with E-state index in [4.69, 9.17) is 5.11 Å². The van der Waals surface area contributed by atoms with Crippen LogP contribution in [0.15, 0.2) is 18.2 Å². The van der Waals surface area contributed by atoms with Crippen molar-refractivity contribution in [3.05, 3.63) is 29.3 Å². The third-order valence-corrected chi connectivity index (χ3v) is 3.87. The molecule has 1 amide bonds. The molecule has 0 saturated heterocycles. The van der Waals surface area contributed by atoms with Gasteiger partial charge in [0.1, 0.15) is 0 Å². The summed E-state index contributed by atoms with van der Waals surface area (Å²) in [5.41, 5.74) is 2.10. The number of anilines is 1. The Balaban J connectivity index is 2.52. The number of carbonyl (C=O) groups excluding carboxylic acids is 1. The first-order chi connectivity index (χ1) is 8.95. The van der Waals surface area contributed by atoms with Crippen molar-refractivity contribution >= 4 is 17.6 Å². The molecule has 0 aromatic heterocycles. The molecule has 4 nitrogen and oxygen atoms in total. The van der Waals surface area contributed by atoms with E-state index in [0.29, 0.717) is 5.92 Å². The van der Waals surface area contributed by atoms with Gasteiger partial charge in [-0.3, -0.25) is 4.79 Å². The van der Waals surface area contributed by atoms with E-state index in [0.717, 1.165) is 24.1 Å². The summed E-state index contributed by atoms with van der Waals surface area (Å²) in [4.78, 5) is 24.7. The molecule has 102 valence electrons. The van der Waals surface area contributed by atoms with Gasteiger partial charge in [0.05, 0.1) is 5.56 Å². The van der Waals surface area contributed by atoms with E-state index in [9.17, 15) is 9.59 Å². The van der Waals surface area contributed by atoms with Crippen LogP contribution in [0.2, 0.25) is 0 Å². The maximum Gasteiger partial charge on any atom is 0.335 e. The number of carboxylic acids is 1. The van der Waals surface area contributed by atoms with Crippen molar-refractivity contribution < 1.29 is 14.7 Å². The fourth-order valence-electron chi connectivity index (χ4n) is 3.02. The molecule has 1 aliphatic rings. The first-order valence-corrected chi connectivity index (χ1v) is 6.61. The van der Waals surface area contributed by atoms with Gasteiger partial charge in [-0.1, -0.05) is 13.8 Å². The second kappa shape index (κ2) is 5.03. The number of nitrogens with zero attached hydrogens (tertiary/aromatic N) is 1. The zero-order chi connectivity index (χ0) is 14.2. The number of aromatic carboxylic acids is 1. The molecule has 2 rings (SSSR count). The molecule has 1 aromatic carbocycles. The van der Waals surface area contributed by atoms with E-state index in [-0.39, 0.29) is 17.5 Å². The Morgan fingerprint density at radius 1 is 1.42 bits per heavy atom. The van der Waals surface area contributed by atoms with Gasteiger partial charge in [-0.05, 0) is 42.5 Å². The van der Waals surface area contributed by atoms with Gasteiger partial charge in [0.2, 0.25) is 5.91 Å². The summed E-state index contributed by atoms with van der Waals surface area (Å²) in [5, 5.41) is 9.04. The van der Waals surface area contributed by atoms with Crippen LogP contribution in [0, 0.1) is 5.92 Å². The van der Waals surface area contributed by atoms with Gasteiger partial charge in [0, 0.05) is 18.7 Å². The minimum atomic E-state index is -0.928. The van der Waals surface area contributed by atoms with Crippen molar-refractivity contribution in [1.29, 1.82) is 0 Å². The second-order valence-electron chi connectivity index (χ2n) is 5.19. The summed E-state index contributed by atoms with van der Waals surface area (Å²) in [7, 11) is 0. The number of hydrogen-bond acceptors (Lipinski definition) is 2. The summed E-state index contributed by atoms with van der Waals surface area (Å²) in [5.74, 6) is -0.574. The molecule has 1 aromatic rings. The lowest BCUT2D eigenvalue weighted by atomic mass is 9.85. The van der Waals surface area contributed by atoms with Crippen molar-refractivity contribution in [2.75, 3.05) is 4.90 Å². The molecule has 1 heterocycles. The predicted molar refractivity (Wildman–Crippen MR) is 73.5 cm³/mol. The summed E-state index contributed by atoms with van der Waals surface area (Å²) >= 11 is 0. The highest BCUT2D eigenvalue weighted by Gasteiger charge is 2.33. The largest absolute Gasteiger partial charge is 0.478 e. The zero-order valence-corrected chi connectivity index (χ0v) is 11.5. The first kappa shape index (κ1) is 13.6. The van der Waals surface area contributed by atoms with Crippen LogP contribution in [0.5, 0.6) is 0 Å². The number of fused-ring (bicyclic) bond motifs is 1. The van der Waals surface area contributed by atoms with Gasteiger partial charge < -0.3 is 10.0 Å². The number of hydrogen-bond donors (Lipinski definition) is 1. The number of rotatable bonds is 2. The summed E-state index contributed by atoms with van der Waals surface area (Å²) < 4.78 is 0. The first-order valence-electron chi connectivity index (χ1n) is 6.61. The lowest BCUT2D eigenvalue weighted by Gasteiger charge is -2.40. The highest BCUT2D eigenvalue weighted by atomic mass is 16.4. The normalized spacial score (nSPS) is 21.9. The van der Waals surface area contributed by atoms with Crippen LogP contribution >= 0.6 is 0 Å². The Labute approximate surface area is 113 Å². The molecular weight excluding hydrogens is 242 g/mol. The molecule has 0 aliphatic carbocycles. The monoisotopic (exact) mass is 261 g/mol. The molecule has 4 heteroatoms. The highest BCUT2D eigenvalue weighted by molar-refractivity contribution is 5.95. The van der Waals surface area contributed by atoms with Gasteiger partial charge in [-0.15, -0.1) is 0 Å². The second-order valence-corrected chi connectivity index (χ2v) is 5.19. The maximum atomic E-state index is 11.9. The van der Waals surface area contributed by atoms with E-state index in [1.807, 2.05) is 4.90 Å². The Hall–Kier alpha value is -1.84. The van der Waals surface area contributed by atoms with Gasteiger partial charge in [0.15, 0.2) is 0 Å². The van der Waals surface area contributed by atoms with Crippen molar-refractivity contribution in [2.45, 2.75) is 39.7 Å². The van der Waals surface area contributed by atoms with Crippen LogP contribution in [0.25, 0.3) is 0 Å². The van der Waals surface area contributed by atoms with Gasteiger partial charge in [-0.25, -0.2) is 4.79 Å². The van der Waals surface area contributed by atoms with Crippen molar-refractivity contribution in [1.82, 2.24) is 0 Å². The zero-order valence-electron chi connectivity index (χ0n) is 11.5. The molecule has 1 aliphatic heterocycles. The predicted octanol–water partition coefficient (Wildman–Crippen LogP) is 2.71. The SMILES string of the molecule is CC[C@H]1C(C)Cc2cc(C(=O)O)ccc2N1C(C)=O. The van der Waals surface area contributed by atoms with Crippen LogP contribution in [-0.4, -0.2) is 23.0 Å². The minimum absolute atomic E-state index is 0.0164. The van der Waals surface area contributed by atoms with E-state index in [1.54, 1.807) is 25.1 Å². The van der Waals surface area contributed by atoms with E-state index in [2.05, 4.69) is 13.8 Å². The molecule has 0 bridgehead atoms. The molecule has 19 heavy (non-hydrogen) atoms. The quantitative estimate of drug-likeness (QED) is 0.890. The molecule has 1 unspecified atom stereocenters. The van der Waals surface area contributed by atoms with Gasteiger partial charge in [-0.2, -0.15) is 0 Å². The van der Waals surface area contributed by atoms with E-state index in [1.165, 1.54) is 0 Å². The van der Waals surface area contributed by atoms with E-state index < -0.39 is 5.97 Å². The van der Waals surface area contributed by atoms with Gasteiger partial charge in [0.25, 0.3) is 0 Å². The Bertz CT molecular complexity index is 524. The molecular formula is C15H19NO3. The third-order valence-electron chi connectivity index (χ3n) is 3.87.